The molecule has 25 heavy (non-hydrogen) atoms. The van der Waals surface area contributed by atoms with Crippen LogP contribution in [0.25, 0.3) is 0 Å². The summed E-state index contributed by atoms with van der Waals surface area (Å²) in [5, 5.41) is 9.74. The first-order valence-corrected chi connectivity index (χ1v) is 9.52. The van der Waals surface area contributed by atoms with Crippen LogP contribution in [0.5, 0.6) is 0 Å². The highest BCUT2D eigenvalue weighted by molar-refractivity contribution is 5.96. The van der Waals surface area contributed by atoms with E-state index >= 15 is 0 Å². The van der Waals surface area contributed by atoms with Crippen molar-refractivity contribution in [3.8, 4) is 0 Å². The molecule has 0 saturated carbocycles. The highest BCUT2D eigenvalue weighted by Gasteiger charge is 2.37. The normalized spacial score (nSPS) is 26.7. The number of aryl methyl sites for hydroxylation is 1. The molecule has 0 aliphatic carbocycles. The van der Waals surface area contributed by atoms with Gasteiger partial charge in [-0.2, -0.15) is 0 Å². The van der Waals surface area contributed by atoms with E-state index in [1.165, 1.54) is 0 Å². The van der Waals surface area contributed by atoms with Crippen LogP contribution in [0.15, 0.2) is 6.07 Å². The van der Waals surface area contributed by atoms with Crippen LogP contribution in [0.1, 0.15) is 67.3 Å². The van der Waals surface area contributed by atoms with Crippen molar-refractivity contribution in [3.63, 3.8) is 0 Å². The van der Waals surface area contributed by atoms with Crippen molar-refractivity contribution in [1.82, 2.24) is 9.47 Å². The van der Waals surface area contributed by atoms with Crippen molar-refractivity contribution < 1.29 is 14.6 Å². The second-order valence-electron chi connectivity index (χ2n) is 8.50. The molecule has 0 spiro atoms. The third-order valence-electron chi connectivity index (χ3n) is 5.88. The van der Waals surface area contributed by atoms with E-state index < -0.39 is 0 Å². The van der Waals surface area contributed by atoms with E-state index in [2.05, 4.69) is 25.3 Å². The van der Waals surface area contributed by atoms with Crippen LogP contribution in [0.2, 0.25) is 0 Å². The summed E-state index contributed by atoms with van der Waals surface area (Å²) in [5.41, 5.74) is 3.02. The molecule has 0 aromatic carbocycles. The average Bonchev–Trinajstić information content (AvgIpc) is 2.89. The SMILES string of the molecule is Cc1cc(C(=O)N2CC(C)(C)CCC2CO)c(C)n1C1CCCOC1. The van der Waals surface area contributed by atoms with Crippen LogP contribution in [-0.4, -0.2) is 52.9 Å². The van der Waals surface area contributed by atoms with Gasteiger partial charge >= 0.3 is 0 Å². The topological polar surface area (TPSA) is 54.7 Å². The zero-order valence-electron chi connectivity index (χ0n) is 16.0. The van der Waals surface area contributed by atoms with E-state index in [9.17, 15) is 9.90 Å². The van der Waals surface area contributed by atoms with Crippen molar-refractivity contribution in [2.45, 2.75) is 65.5 Å². The third kappa shape index (κ3) is 3.63. The maximum atomic E-state index is 13.3. The zero-order valence-corrected chi connectivity index (χ0v) is 16.0. The van der Waals surface area contributed by atoms with Crippen molar-refractivity contribution in [1.29, 1.82) is 0 Å². The summed E-state index contributed by atoms with van der Waals surface area (Å²) in [6, 6.07) is 2.27. The van der Waals surface area contributed by atoms with Crippen molar-refractivity contribution in [2.24, 2.45) is 5.41 Å². The molecule has 1 N–H and O–H groups in total. The Morgan fingerprint density at radius 3 is 2.76 bits per heavy atom. The fourth-order valence-electron chi connectivity index (χ4n) is 4.45. The molecule has 2 unspecified atom stereocenters. The minimum atomic E-state index is -0.0680. The number of likely N-dealkylation sites (tertiary alicyclic amines) is 1. The number of aliphatic hydroxyl groups excluding tert-OH is 1. The fraction of sp³-hybridized carbons (Fsp3) is 0.750. The number of aliphatic hydroxyl groups is 1. The lowest BCUT2D eigenvalue weighted by Gasteiger charge is -2.43. The molecule has 2 aliphatic heterocycles. The largest absolute Gasteiger partial charge is 0.394 e. The Morgan fingerprint density at radius 2 is 2.12 bits per heavy atom. The molecular weight excluding hydrogens is 316 g/mol. The highest BCUT2D eigenvalue weighted by Crippen LogP contribution is 2.34. The molecule has 2 aliphatic rings. The summed E-state index contributed by atoms with van der Waals surface area (Å²) in [4.78, 5) is 15.2. The number of aromatic nitrogens is 1. The van der Waals surface area contributed by atoms with E-state index in [-0.39, 0.29) is 24.0 Å². The quantitative estimate of drug-likeness (QED) is 0.913. The summed E-state index contributed by atoms with van der Waals surface area (Å²) >= 11 is 0. The number of hydrogen-bond donors (Lipinski definition) is 1. The van der Waals surface area contributed by atoms with Gasteiger partial charge in [-0.25, -0.2) is 0 Å². The van der Waals surface area contributed by atoms with Crippen molar-refractivity contribution in [3.05, 3.63) is 23.0 Å². The second-order valence-corrected chi connectivity index (χ2v) is 8.50. The van der Waals surface area contributed by atoms with Crippen LogP contribution in [-0.2, 0) is 4.74 Å². The van der Waals surface area contributed by atoms with Crippen LogP contribution in [0.3, 0.4) is 0 Å². The second kappa shape index (κ2) is 7.12. The molecule has 5 heteroatoms. The van der Waals surface area contributed by atoms with Crippen LogP contribution in [0, 0.1) is 19.3 Å². The zero-order chi connectivity index (χ0) is 18.2. The summed E-state index contributed by atoms with van der Waals surface area (Å²) in [5.74, 6) is 0.0582. The molecule has 3 heterocycles. The predicted octanol–water partition coefficient (Wildman–Crippen LogP) is 3.08. The average molecular weight is 348 g/mol. The molecule has 0 bridgehead atoms. The molecule has 1 amide bonds. The summed E-state index contributed by atoms with van der Waals surface area (Å²) in [7, 11) is 0. The lowest BCUT2D eigenvalue weighted by molar-refractivity contribution is 0.0246. The molecule has 1 aromatic heterocycles. The Balaban J connectivity index is 1.89. The smallest absolute Gasteiger partial charge is 0.256 e. The predicted molar refractivity (Wildman–Crippen MR) is 97.9 cm³/mol. The molecule has 2 saturated heterocycles. The maximum absolute atomic E-state index is 13.3. The Labute approximate surface area is 151 Å². The van der Waals surface area contributed by atoms with Gasteiger partial charge < -0.3 is 19.3 Å². The lowest BCUT2D eigenvalue weighted by Crippen LogP contribution is -2.51. The Kier molecular flexibility index (Phi) is 5.26. The standard InChI is InChI=1S/C20H32N2O3/c1-14-10-18(15(2)22(14)17-6-5-9-25-12-17)19(24)21-13-20(3,4)8-7-16(21)11-23/h10,16-17,23H,5-9,11-13H2,1-4H3. The van der Waals surface area contributed by atoms with Gasteiger partial charge in [-0.3, -0.25) is 4.79 Å². The molecule has 3 rings (SSSR count). The van der Waals surface area contributed by atoms with E-state index in [1.54, 1.807) is 0 Å². The number of carbonyl (C=O) groups is 1. The van der Waals surface area contributed by atoms with Crippen LogP contribution < -0.4 is 0 Å². The van der Waals surface area contributed by atoms with Crippen molar-refractivity contribution in [2.75, 3.05) is 26.4 Å². The number of ether oxygens (including phenoxy) is 1. The lowest BCUT2D eigenvalue weighted by atomic mass is 9.81. The summed E-state index contributed by atoms with van der Waals surface area (Å²) < 4.78 is 7.92. The van der Waals surface area contributed by atoms with E-state index in [1.807, 2.05) is 17.9 Å². The first kappa shape index (κ1) is 18.5. The van der Waals surface area contributed by atoms with Gasteiger partial charge in [0.25, 0.3) is 5.91 Å². The van der Waals surface area contributed by atoms with Gasteiger partial charge in [0.05, 0.1) is 30.9 Å². The maximum Gasteiger partial charge on any atom is 0.256 e. The van der Waals surface area contributed by atoms with Crippen LogP contribution in [0.4, 0.5) is 0 Å². The van der Waals surface area contributed by atoms with E-state index in [0.29, 0.717) is 12.6 Å². The van der Waals surface area contributed by atoms with Crippen molar-refractivity contribution >= 4 is 5.91 Å². The molecule has 140 valence electrons. The number of piperidine rings is 1. The fourth-order valence-corrected chi connectivity index (χ4v) is 4.45. The third-order valence-corrected chi connectivity index (χ3v) is 5.88. The number of amides is 1. The number of carbonyl (C=O) groups excluding carboxylic acids is 1. The van der Waals surface area contributed by atoms with E-state index in [0.717, 1.165) is 55.8 Å². The first-order chi connectivity index (χ1) is 11.8. The van der Waals surface area contributed by atoms with Gasteiger partial charge in [0.15, 0.2) is 0 Å². The number of rotatable bonds is 3. The minimum Gasteiger partial charge on any atom is -0.394 e. The van der Waals surface area contributed by atoms with Gasteiger partial charge in [-0.05, 0) is 51.0 Å². The Hall–Kier alpha value is -1.33. The monoisotopic (exact) mass is 348 g/mol. The molecule has 1 aromatic rings. The van der Waals surface area contributed by atoms with Gasteiger partial charge in [0.2, 0.25) is 0 Å². The number of nitrogens with zero attached hydrogens (tertiary/aromatic N) is 2. The van der Waals surface area contributed by atoms with Gasteiger partial charge in [-0.15, -0.1) is 0 Å². The van der Waals surface area contributed by atoms with E-state index in [4.69, 9.17) is 4.74 Å². The Bertz CT molecular complexity index is 629. The molecule has 2 atom stereocenters. The Morgan fingerprint density at radius 1 is 1.36 bits per heavy atom. The van der Waals surface area contributed by atoms with Crippen LogP contribution >= 0.6 is 0 Å². The highest BCUT2D eigenvalue weighted by atomic mass is 16.5. The summed E-state index contributed by atoms with van der Waals surface area (Å²) in [6.45, 7) is 10.8. The van der Waals surface area contributed by atoms with Gasteiger partial charge in [0.1, 0.15) is 0 Å². The van der Waals surface area contributed by atoms with Gasteiger partial charge in [0, 0.05) is 24.5 Å². The van der Waals surface area contributed by atoms with Gasteiger partial charge in [-0.1, -0.05) is 13.8 Å². The molecular formula is C20H32N2O3. The number of hydrogen-bond acceptors (Lipinski definition) is 3. The molecule has 5 nitrogen and oxygen atoms in total. The molecule has 0 radical (unpaired) electrons. The first-order valence-electron chi connectivity index (χ1n) is 9.52. The minimum absolute atomic E-state index is 0.0387. The summed E-state index contributed by atoms with van der Waals surface area (Å²) in [6.07, 6.45) is 4.07. The molecule has 2 fully saturated rings.